The van der Waals surface area contributed by atoms with Crippen LogP contribution in [-0.2, 0) is 13.5 Å². The highest BCUT2D eigenvalue weighted by molar-refractivity contribution is 9.10. The Bertz CT molecular complexity index is 580. The summed E-state index contributed by atoms with van der Waals surface area (Å²) >= 11 is 9.36. The van der Waals surface area contributed by atoms with Crippen molar-refractivity contribution in [3.05, 3.63) is 51.2 Å². The lowest BCUT2D eigenvalue weighted by molar-refractivity contribution is 0.0982. The molecule has 0 amide bonds. The second-order valence-corrected chi connectivity index (χ2v) is 5.32. The van der Waals surface area contributed by atoms with E-state index in [0.29, 0.717) is 23.4 Å². The Kier molecular flexibility index (Phi) is 4.19. The standard InChI is InChI=1S/C13H12BrClN2O/c1-17-10(6-7-16-17)3-5-13(18)11-8-9(14)2-4-12(11)15/h2,4,6-8H,3,5H2,1H3. The highest BCUT2D eigenvalue weighted by atomic mass is 79.9. The largest absolute Gasteiger partial charge is 0.294 e. The Morgan fingerprint density at radius 2 is 2.22 bits per heavy atom. The van der Waals surface area contributed by atoms with Crippen molar-refractivity contribution in [2.75, 3.05) is 0 Å². The molecule has 0 aliphatic heterocycles. The number of aryl methyl sites for hydroxylation is 2. The Balaban J connectivity index is 2.08. The van der Waals surface area contributed by atoms with E-state index >= 15 is 0 Å². The van der Waals surface area contributed by atoms with Crippen molar-refractivity contribution >= 4 is 33.3 Å². The maximum absolute atomic E-state index is 12.1. The minimum absolute atomic E-state index is 0.0440. The molecule has 1 aromatic heterocycles. The fourth-order valence-electron chi connectivity index (χ4n) is 1.73. The summed E-state index contributed by atoms with van der Waals surface area (Å²) in [6.07, 6.45) is 2.82. The minimum atomic E-state index is 0.0440. The van der Waals surface area contributed by atoms with E-state index in [4.69, 9.17) is 11.6 Å². The van der Waals surface area contributed by atoms with Gasteiger partial charge in [0, 0.05) is 35.4 Å². The Labute approximate surface area is 119 Å². The number of benzene rings is 1. The first-order valence-corrected chi connectivity index (χ1v) is 6.70. The summed E-state index contributed by atoms with van der Waals surface area (Å²) in [7, 11) is 1.87. The predicted molar refractivity (Wildman–Crippen MR) is 75.0 cm³/mol. The van der Waals surface area contributed by atoms with Crippen LogP contribution < -0.4 is 0 Å². The molecular weight excluding hydrogens is 316 g/mol. The zero-order valence-corrected chi connectivity index (χ0v) is 12.2. The van der Waals surface area contributed by atoms with Gasteiger partial charge in [0.25, 0.3) is 0 Å². The van der Waals surface area contributed by atoms with Gasteiger partial charge in [0.1, 0.15) is 0 Å². The second kappa shape index (κ2) is 5.67. The number of halogens is 2. The first-order chi connectivity index (χ1) is 8.58. The van der Waals surface area contributed by atoms with Gasteiger partial charge >= 0.3 is 0 Å². The molecule has 3 nitrogen and oxygen atoms in total. The SMILES string of the molecule is Cn1nccc1CCC(=O)c1cc(Br)ccc1Cl. The first-order valence-electron chi connectivity index (χ1n) is 5.53. The molecule has 0 aliphatic rings. The molecule has 0 saturated heterocycles. The second-order valence-electron chi connectivity index (χ2n) is 3.99. The quantitative estimate of drug-likeness (QED) is 0.803. The van der Waals surface area contributed by atoms with E-state index in [2.05, 4.69) is 21.0 Å². The van der Waals surface area contributed by atoms with Crippen molar-refractivity contribution < 1.29 is 4.79 Å². The molecule has 0 spiro atoms. The number of nitrogens with zero attached hydrogens (tertiary/aromatic N) is 2. The van der Waals surface area contributed by atoms with Crippen LogP contribution in [0.4, 0.5) is 0 Å². The number of hydrogen-bond donors (Lipinski definition) is 0. The minimum Gasteiger partial charge on any atom is -0.294 e. The van der Waals surface area contributed by atoms with Crippen LogP contribution in [0.2, 0.25) is 5.02 Å². The van der Waals surface area contributed by atoms with E-state index in [1.807, 2.05) is 19.2 Å². The van der Waals surface area contributed by atoms with Gasteiger partial charge in [-0.1, -0.05) is 27.5 Å². The summed E-state index contributed by atoms with van der Waals surface area (Å²) in [5, 5.41) is 4.56. The number of Topliss-reactive ketones (excluding diaryl/α,β-unsaturated/α-hetero) is 1. The number of rotatable bonds is 4. The molecule has 0 aliphatic carbocycles. The molecule has 5 heteroatoms. The molecule has 0 fully saturated rings. The Morgan fingerprint density at radius 1 is 1.44 bits per heavy atom. The van der Waals surface area contributed by atoms with E-state index < -0.39 is 0 Å². The Hall–Kier alpha value is -1.13. The van der Waals surface area contributed by atoms with Crippen molar-refractivity contribution in [1.29, 1.82) is 0 Å². The van der Waals surface area contributed by atoms with Crippen LogP contribution in [0.5, 0.6) is 0 Å². The Morgan fingerprint density at radius 3 is 2.89 bits per heavy atom. The molecule has 0 unspecified atom stereocenters. The molecule has 0 atom stereocenters. The average Bonchev–Trinajstić information content (AvgIpc) is 2.75. The highest BCUT2D eigenvalue weighted by Gasteiger charge is 2.11. The molecule has 0 saturated carbocycles. The summed E-state index contributed by atoms with van der Waals surface area (Å²) in [4.78, 5) is 12.1. The van der Waals surface area contributed by atoms with E-state index in [-0.39, 0.29) is 5.78 Å². The lowest BCUT2D eigenvalue weighted by Crippen LogP contribution is -2.05. The molecule has 0 bridgehead atoms. The summed E-state index contributed by atoms with van der Waals surface area (Å²) in [6, 6.07) is 7.22. The van der Waals surface area contributed by atoms with Crippen molar-refractivity contribution in [2.24, 2.45) is 7.05 Å². The molecule has 0 N–H and O–H groups in total. The van der Waals surface area contributed by atoms with Gasteiger partial charge in [0.05, 0.1) is 5.02 Å². The van der Waals surface area contributed by atoms with Gasteiger partial charge in [-0.15, -0.1) is 0 Å². The fraction of sp³-hybridized carbons (Fsp3) is 0.231. The normalized spacial score (nSPS) is 10.6. The number of aromatic nitrogens is 2. The van der Waals surface area contributed by atoms with Gasteiger partial charge in [-0.05, 0) is 30.7 Å². The van der Waals surface area contributed by atoms with Gasteiger partial charge in [-0.25, -0.2) is 0 Å². The van der Waals surface area contributed by atoms with Crippen LogP contribution in [0.25, 0.3) is 0 Å². The lowest BCUT2D eigenvalue weighted by Gasteiger charge is -2.05. The van der Waals surface area contributed by atoms with E-state index in [1.165, 1.54) is 0 Å². The third-order valence-corrected chi connectivity index (χ3v) is 3.58. The number of carbonyl (C=O) groups is 1. The topological polar surface area (TPSA) is 34.9 Å². The van der Waals surface area contributed by atoms with Gasteiger partial charge < -0.3 is 0 Å². The molecule has 0 radical (unpaired) electrons. The molecule has 2 rings (SSSR count). The van der Waals surface area contributed by atoms with Crippen molar-refractivity contribution in [3.8, 4) is 0 Å². The number of carbonyl (C=O) groups excluding carboxylic acids is 1. The smallest absolute Gasteiger partial charge is 0.164 e. The number of hydrogen-bond acceptors (Lipinski definition) is 2. The summed E-state index contributed by atoms with van der Waals surface area (Å²) in [5.74, 6) is 0.0440. The highest BCUT2D eigenvalue weighted by Crippen LogP contribution is 2.22. The summed E-state index contributed by atoms with van der Waals surface area (Å²) in [6.45, 7) is 0. The van der Waals surface area contributed by atoms with Crippen molar-refractivity contribution in [3.63, 3.8) is 0 Å². The molecular formula is C13H12BrClN2O. The fourth-order valence-corrected chi connectivity index (χ4v) is 2.32. The first kappa shape index (κ1) is 13.3. The summed E-state index contributed by atoms with van der Waals surface area (Å²) < 4.78 is 2.63. The molecule has 2 aromatic rings. The average molecular weight is 328 g/mol. The van der Waals surface area contributed by atoms with Gasteiger partial charge in [-0.3, -0.25) is 9.48 Å². The zero-order chi connectivity index (χ0) is 13.1. The lowest BCUT2D eigenvalue weighted by atomic mass is 10.1. The number of ketones is 1. The molecule has 94 valence electrons. The van der Waals surface area contributed by atoms with Gasteiger partial charge in [0.15, 0.2) is 5.78 Å². The van der Waals surface area contributed by atoms with Crippen molar-refractivity contribution in [1.82, 2.24) is 9.78 Å². The van der Waals surface area contributed by atoms with Crippen LogP contribution in [0.1, 0.15) is 22.5 Å². The molecule has 1 aromatic carbocycles. The predicted octanol–water partition coefficient (Wildman–Crippen LogP) is 3.65. The van der Waals surface area contributed by atoms with Crippen molar-refractivity contribution in [2.45, 2.75) is 12.8 Å². The van der Waals surface area contributed by atoms with Crippen LogP contribution in [0, 0.1) is 0 Å². The molecule has 1 heterocycles. The van der Waals surface area contributed by atoms with Crippen LogP contribution in [-0.4, -0.2) is 15.6 Å². The van der Waals surface area contributed by atoms with E-state index in [9.17, 15) is 4.79 Å². The zero-order valence-electron chi connectivity index (χ0n) is 9.86. The van der Waals surface area contributed by atoms with E-state index in [0.717, 1.165) is 10.2 Å². The third kappa shape index (κ3) is 3.00. The third-order valence-electron chi connectivity index (χ3n) is 2.76. The van der Waals surface area contributed by atoms with Crippen LogP contribution in [0.3, 0.4) is 0 Å². The van der Waals surface area contributed by atoms with Crippen LogP contribution >= 0.6 is 27.5 Å². The monoisotopic (exact) mass is 326 g/mol. The van der Waals surface area contributed by atoms with E-state index in [1.54, 1.807) is 23.0 Å². The van der Waals surface area contributed by atoms with Gasteiger partial charge in [0.2, 0.25) is 0 Å². The maximum Gasteiger partial charge on any atom is 0.164 e. The summed E-state index contributed by atoms with van der Waals surface area (Å²) in [5.41, 5.74) is 1.60. The molecule has 18 heavy (non-hydrogen) atoms. The van der Waals surface area contributed by atoms with Crippen LogP contribution in [0.15, 0.2) is 34.9 Å². The maximum atomic E-state index is 12.1. The van der Waals surface area contributed by atoms with Gasteiger partial charge in [-0.2, -0.15) is 5.10 Å².